The lowest BCUT2D eigenvalue weighted by atomic mass is 10.1. The highest BCUT2D eigenvalue weighted by molar-refractivity contribution is 6.01. The molecule has 10 nitrogen and oxygen atoms in total. The number of fused-ring (bicyclic) bond motifs is 1. The summed E-state index contributed by atoms with van der Waals surface area (Å²) in [5.41, 5.74) is 1.39. The SMILES string of the molecule is O=C(Nc1cccc(-c2nc3cccnc3[nH]c2=O)c1)Nc1ccccc1[N+](=O)[O-]. The average Bonchev–Trinajstić information content (AvgIpc) is 2.73. The first kappa shape index (κ1) is 18.7. The van der Waals surface area contributed by atoms with Crippen LogP contribution in [0.2, 0.25) is 0 Å². The molecule has 0 radical (unpaired) electrons. The number of hydrogen-bond acceptors (Lipinski definition) is 6. The van der Waals surface area contributed by atoms with E-state index in [1.807, 2.05) is 0 Å². The number of para-hydroxylation sites is 2. The van der Waals surface area contributed by atoms with Crippen LogP contribution in [0, 0.1) is 10.1 Å². The molecule has 2 amide bonds. The molecule has 0 fully saturated rings. The molecule has 0 unspecified atom stereocenters. The van der Waals surface area contributed by atoms with E-state index in [-0.39, 0.29) is 17.1 Å². The monoisotopic (exact) mass is 402 g/mol. The maximum atomic E-state index is 12.4. The van der Waals surface area contributed by atoms with E-state index in [1.165, 1.54) is 18.2 Å². The molecule has 148 valence electrons. The number of carbonyl (C=O) groups is 1. The number of benzene rings is 2. The first-order valence-electron chi connectivity index (χ1n) is 8.78. The second kappa shape index (κ2) is 7.80. The zero-order valence-corrected chi connectivity index (χ0v) is 15.3. The van der Waals surface area contributed by atoms with Gasteiger partial charge in [-0.1, -0.05) is 24.3 Å². The second-order valence-electron chi connectivity index (χ2n) is 6.22. The second-order valence-corrected chi connectivity index (χ2v) is 6.22. The van der Waals surface area contributed by atoms with E-state index >= 15 is 0 Å². The molecule has 10 heteroatoms. The Morgan fingerprint density at radius 3 is 2.70 bits per heavy atom. The molecule has 0 saturated heterocycles. The number of rotatable bonds is 4. The van der Waals surface area contributed by atoms with Crippen molar-refractivity contribution in [1.29, 1.82) is 0 Å². The van der Waals surface area contributed by atoms with Gasteiger partial charge in [0.25, 0.3) is 11.2 Å². The van der Waals surface area contributed by atoms with Crippen LogP contribution in [0.5, 0.6) is 0 Å². The third-order valence-electron chi connectivity index (χ3n) is 4.21. The predicted octanol–water partition coefficient (Wildman–Crippen LogP) is 3.54. The topological polar surface area (TPSA) is 143 Å². The zero-order chi connectivity index (χ0) is 21.1. The fraction of sp³-hybridized carbons (Fsp3) is 0. The number of amides is 2. The number of urea groups is 1. The van der Waals surface area contributed by atoms with E-state index in [0.29, 0.717) is 22.4 Å². The van der Waals surface area contributed by atoms with Crippen molar-refractivity contribution >= 4 is 34.3 Å². The number of anilines is 2. The number of nitro groups is 1. The number of nitro benzene ring substituents is 1. The normalized spacial score (nSPS) is 10.5. The Morgan fingerprint density at radius 1 is 1.03 bits per heavy atom. The molecule has 0 aliphatic carbocycles. The number of pyridine rings is 1. The highest BCUT2D eigenvalue weighted by Gasteiger charge is 2.15. The molecule has 2 heterocycles. The van der Waals surface area contributed by atoms with Crippen LogP contribution in [0.1, 0.15) is 0 Å². The van der Waals surface area contributed by atoms with Gasteiger partial charge in [0.05, 0.1) is 4.92 Å². The molecular weight excluding hydrogens is 388 g/mol. The van der Waals surface area contributed by atoms with Crippen molar-refractivity contribution in [2.24, 2.45) is 0 Å². The lowest BCUT2D eigenvalue weighted by Crippen LogP contribution is -2.20. The molecule has 30 heavy (non-hydrogen) atoms. The third-order valence-corrected chi connectivity index (χ3v) is 4.21. The molecule has 3 N–H and O–H groups in total. The van der Waals surface area contributed by atoms with Gasteiger partial charge in [-0.2, -0.15) is 0 Å². The average molecular weight is 402 g/mol. The molecule has 0 aliphatic rings. The molecular formula is C20H14N6O4. The number of aromatic amines is 1. The van der Waals surface area contributed by atoms with E-state index < -0.39 is 16.5 Å². The van der Waals surface area contributed by atoms with Gasteiger partial charge >= 0.3 is 6.03 Å². The quantitative estimate of drug-likeness (QED) is 0.352. The van der Waals surface area contributed by atoms with E-state index in [0.717, 1.165) is 0 Å². The molecule has 0 bridgehead atoms. The summed E-state index contributed by atoms with van der Waals surface area (Å²) in [6, 6.07) is 15.1. The lowest BCUT2D eigenvalue weighted by molar-refractivity contribution is -0.383. The predicted molar refractivity (Wildman–Crippen MR) is 111 cm³/mol. The van der Waals surface area contributed by atoms with Gasteiger partial charge in [0.15, 0.2) is 5.65 Å². The fourth-order valence-corrected chi connectivity index (χ4v) is 2.88. The molecule has 0 atom stereocenters. The third kappa shape index (κ3) is 3.83. The van der Waals surface area contributed by atoms with E-state index in [1.54, 1.807) is 48.7 Å². The number of hydrogen-bond donors (Lipinski definition) is 3. The smallest absolute Gasteiger partial charge is 0.308 e. The zero-order valence-electron chi connectivity index (χ0n) is 15.3. The van der Waals surface area contributed by atoms with Gasteiger partial charge < -0.3 is 15.6 Å². The molecule has 2 aromatic heterocycles. The van der Waals surface area contributed by atoms with Gasteiger partial charge in [0.2, 0.25) is 0 Å². The first-order chi connectivity index (χ1) is 14.5. The molecule has 0 aliphatic heterocycles. The Labute approximate surface area is 168 Å². The van der Waals surface area contributed by atoms with Gasteiger partial charge in [-0.05, 0) is 30.3 Å². The summed E-state index contributed by atoms with van der Waals surface area (Å²) in [5.74, 6) is 0. The minimum absolute atomic E-state index is 0.0660. The maximum Gasteiger partial charge on any atom is 0.323 e. The number of carbonyl (C=O) groups excluding carboxylic acids is 1. The van der Waals surface area contributed by atoms with Crippen molar-refractivity contribution in [2.75, 3.05) is 10.6 Å². The molecule has 4 rings (SSSR count). The van der Waals surface area contributed by atoms with Crippen LogP contribution >= 0.6 is 0 Å². The van der Waals surface area contributed by atoms with Gasteiger partial charge in [-0.3, -0.25) is 14.9 Å². The summed E-state index contributed by atoms with van der Waals surface area (Å²) < 4.78 is 0. The lowest BCUT2D eigenvalue weighted by Gasteiger charge is -2.09. The summed E-state index contributed by atoms with van der Waals surface area (Å²) in [5, 5.41) is 16.1. The van der Waals surface area contributed by atoms with Crippen molar-refractivity contribution in [1.82, 2.24) is 15.0 Å². The van der Waals surface area contributed by atoms with Crippen LogP contribution in [0.25, 0.3) is 22.4 Å². The largest absolute Gasteiger partial charge is 0.323 e. The van der Waals surface area contributed by atoms with Crippen molar-refractivity contribution < 1.29 is 9.72 Å². The van der Waals surface area contributed by atoms with Crippen LogP contribution in [0.15, 0.2) is 71.7 Å². The van der Waals surface area contributed by atoms with Gasteiger partial charge in [0, 0.05) is 23.5 Å². The Balaban J connectivity index is 1.59. The number of aromatic nitrogens is 3. The van der Waals surface area contributed by atoms with Crippen molar-refractivity contribution in [3.63, 3.8) is 0 Å². The van der Waals surface area contributed by atoms with Crippen LogP contribution < -0.4 is 16.2 Å². The van der Waals surface area contributed by atoms with Crippen molar-refractivity contribution in [3.05, 3.63) is 87.3 Å². The molecule has 2 aromatic carbocycles. The fourth-order valence-electron chi connectivity index (χ4n) is 2.88. The van der Waals surface area contributed by atoms with E-state index in [2.05, 4.69) is 25.6 Å². The number of nitrogens with zero attached hydrogens (tertiary/aromatic N) is 3. The summed E-state index contributed by atoms with van der Waals surface area (Å²) >= 11 is 0. The standard InChI is InChI=1S/C20H14N6O4/c27-19-17(23-15-8-4-10-21-18(15)25-19)12-5-3-6-13(11-12)22-20(28)24-14-7-1-2-9-16(14)26(29)30/h1-11H,(H,21,25,27)(H2,22,24,28). The van der Waals surface area contributed by atoms with E-state index in [4.69, 9.17) is 0 Å². The minimum atomic E-state index is -0.661. The van der Waals surface area contributed by atoms with E-state index in [9.17, 15) is 19.7 Å². The highest BCUT2D eigenvalue weighted by Crippen LogP contribution is 2.24. The minimum Gasteiger partial charge on any atom is -0.308 e. The Kier molecular flexibility index (Phi) is 4.87. The van der Waals surface area contributed by atoms with Crippen molar-refractivity contribution in [3.8, 4) is 11.3 Å². The Bertz CT molecular complexity index is 1330. The van der Waals surface area contributed by atoms with Crippen LogP contribution in [-0.4, -0.2) is 25.9 Å². The number of H-pyrrole nitrogens is 1. The first-order valence-corrected chi connectivity index (χ1v) is 8.78. The van der Waals surface area contributed by atoms with Gasteiger partial charge in [0.1, 0.15) is 16.9 Å². The molecule has 0 saturated carbocycles. The Morgan fingerprint density at radius 2 is 1.87 bits per heavy atom. The number of nitrogens with one attached hydrogen (secondary N) is 3. The maximum absolute atomic E-state index is 12.4. The molecule has 4 aromatic rings. The van der Waals surface area contributed by atoms with Gasteiger partial charge in [-0.25, -0.2) is 14.8 Å². The highest BCUT2D eigenvalue weighted by atomic mass is 16.6. The van der Waals surface area contributed by atoms with Crippen LogP contribution in [-0.2, 0) is 0 Å². The summed E-state index contributed by atoms with van der Waals surface area (Å²) in [4.78, 5) is 46.3. The van der Waals surface area contributed by atoms with Crippen LogP contribution in [0.4, 0.5) is 21.9 Å². The Hall–Kier alpha value is -4.60. The van der Waals surface area contributed by atoms with Crippen molar-refractivity contribution in [2.45, 2.75) is 0 Å². The van der Waals surface area contributed by atoms with Crippen LogP contribution in [0.3, 0.4) is 0 Å². The summed E-state index contributed by atoms with van der Waals surface area (Å²) in [7, 11) is 0. The molecule has 0 spiro atoms. The summed E-state index contributed by atoms with van der Waals surface area (Å²) in [6.07, 6.45) is 1.56. The van der Waals surface area contributed by atoms with Gasteiger partial charge in [-0.15, -0.1) is 0 Å². The summed E-state index contributed by atoms with van der Waals surface area (Å²) in [6.45, 7) is 0.